The molecule has 5 heteroatoms. The Labute approximate surface area is 111 Å². The molecule has 0 aliphatic carbocycles. The average molecular weight is 340 g/mol. The molecule has 17 heavy (non-hydrogen) atoms. The summed E-state index contributed by atoms with van der Waals surface area (Å²) >= 11 is 2.17. The van der Waals surface area contributed by atoms with Gasteiger partial charge in [-0.05, 0) is 40.8 Å². The lowest BCUT2D eigenvalue weighted by atomic mass is 10.1. The number of nitrogens with zero attached hydrogens (tertiary/aromatic N) is 2. The van der Waals surface area contributed by atoms with Gasteiger partial charge in [0.15, 0.2) is 5.78 Å². The van der Waals surface area contributed by atoms with Crippen molar-refractivity contribution >= 4 is 28.4 Å². The minimum Gasteiger partial charge on any atom is -0.292 e. The maximum absolute atomic E-state index is 11.9. The van der Waals surface area contributed by atoms with Crippen LogP contribution in [0.15, 0.2) is 47.4 Å². The molecule has 0 aliphatic rings. The van der Waals surface area contributed by atoms with Gasteiger partial charge in [-0.15, -0.1) is 0 Å². The van der Waals surface area contributed by atoms with Crippen LogP contribution in [0.4, 0.5) is 0 Å². The SMILES string of the molecule is O=C(Cn1ncccc1=O)c1ccc(I)cc1. The van der Waals surface area contributed by atoms with E-state index in [-0.39, 0.29) is 17.9 Å². The van der Waals surface area contributed by atoms with Crippen LogP contribution in [-0.2, 0) is 6.54 Å². The Kier molecular flexibility index (Phi) is 3.68. The second kappa shape index (κ2) is 5.22. The number of ketones is 1. The van der Waals surface area contributed by atoms with E-state index in [1.165, 1.54) is 12.3 Å². The molecular weight excluding hydrogens is 331 g/mol. The molecule has 0 radical (unpaired) electrons. The maximum Gasteiger partial charge on any atom is 0.267 e. The number of aromatic nitrogens is 2. The molecule has 0 saturated carbocycles. The summed E-state index contributed by atoms with van der Waals surface area (Å²) in [7, 11) is 0. The molecule has 0 amide bonds. The molecule has 1 aromatic heterocycles. The number of halogens is 1. The number of carbonyl (C=O) groups is 1. The van der Waals surface area contributed by atoms with E-state index in [0.29, 0.717) is 5.56 Å². The van der Waals surface area contributed by atoms with Crippen LogP contribution in [0.25, 0.3) is 0 Å². The number of hydrogen-bond donors (Lipinski definition) is 0. The van der Waals surface area contributed by atoms with E-state index in [1.807, 2.05) is 12.1 Å². The highest BCUT2D eigenvalue weighted by molar-refractivity contribution is 14.1. The summed E-state index contributed by atoms with van der Waals surface area (Å²) in [6, 6.07) is 10.1. The van der Waals surface area contributed by atoms with Crippen molar-refractivity contribution in [2.45, 2.75) is 6.54 Å². The van der Waals surface area contributed by atoms with Gasteiger partial charge in [0.05, 0.1) is 0 Å². The van der Waals surface area contributed by atoms with Gasteiger partial charge >= 0.3 is 0 Å². The van der Waals surface area contributed by atoms with Gasteiger partial charge in [-0.3, -0.25) is 9.59 Å². The molecule has 0 saturated heterocycles. The Bertz CT molecular complexity index is 590. The van der Waals surface area contributed by atoms with Crippen LogP contribution in [0.1, 0.15) is 10.4 Å². The van der Waals surface area contributed by atoms with Crippen LogP contribution in [-0.4, -0.2) is 15.6 Å². The third-order valence-electron chi connectivity index (χ3n) is 2.24. The van der Waals surface area contributed by atoms with Crippen molar-refractivity contribution in [3.05, 3.63) is 62.1 Å². The van der Waals surface area contributed by atoms with Gasteiger partial charge in [-0.1, -0.05) is 12.1 Å². The minimum atomic E-state index is -0.272. The molecule has 0 spiro atoms. The lowest BCUT2D eigenvalue weighted by Gasteiger charge is -2.03. The Balaban J connectivity index is 2.20. The molecule has 0 bridgehead atoms. The van der Waals surface area contributed by atoms with Crippen molar-refractivity contribution in [3.63, 3.8) is 0 Å². The molecule has 1 heterocycles. The first-order valence-electron chi connectivity index (χ1n) is 4.98. The molecule has 0 unspecified atom stereocenters. The molecule has 4 nitrogen and oxygen atoms in total. The molecular formula is C12H9IN2O2. The van der Waals surface area contributed by atoms with Gasteiger partial charge in [0, 0.05) is 21.4 Å². The highest BCUT2D eigenvalue weighted by atomic mass is 127. The van der Waals surface area contributed by atoms with Gasteiger partial charge in [-0.2, -0.15) is 5.10 Å². The zero-order chi connectivity index (χ0) is 12.3. The van der Waals surface area contributed by atoms with Crippen molar-refractivity contribution in [2.75, 3.05) is 0 Å². The zero-order valence-electron chi connectivity index (χ0n) is 8.84. The lowest BCUT2D eigenvalue weighted by molar-refractivity contribution is 0.0965. The third kappa shape index (κ3) is 3.00. The van der Waals surface area contributed by atoms with Gasteiger partial charge < -0.3 is 0 Å². The lowest BCUT2D eigenvalue weighted by Crippen LogP contribution is -2.25. The fraction of sp³-hybridized carbons (Fsp3) is 0.0833. The largest absolute Gasteiger partial charge is 0.292 e. The summed E-state index contributed by atoms with van der Waals surface area (Å²) in [5, 5.41) is 3.84. The molecule has 0 aliphatic heterocycles. The Hall–Kier alpha value is -1.50. The molecule has 0 atom stereocenters. The number of benzene rings is 1. The first-order valence-corrected chi connectivity index (χ1v) is 6.05. The smallest absolute Gasteiger partial charge is 0.267 e. The molecule has 0 N–H and O–H groups in total. The zero-order valence-corrected chi connectivity index (χ0v) is 11.0. The first-order chi connectivity index (χ1) is 8.16. The van der Waals surface area contributed by atoms with Gasteiger partial charge in [0.1, 0.15) is 6.54 Å². The van der Waals surface area contributed by atoms with Crippen LogP contribution in [0.2, 0.25) is 0 Å². The summed E-state index contributed by atoms with van der Waals surface area (Å²) in [5.41, 5.74) is 0.314. The maximum atomic E-state index is 11.9. The van der Waals surface area contributed by atoms with Crippen molar-refractivity contribution in [3.8, 4) is 0 Å². The topological polar surface area (TPSA) is 52.0 Å². The van der Waals surface area contributed by atoms with E-state index in [4.69, 9.17) is 0 Å². The van der Waals surface area contributed by atoms with Gasteiger partial charge in [0.25, 0.3) is 5.56 Å². The normalized spacial score (nSPS) is 10.2. The van der Waals surface area contributed by atoms with Crippen LogP contribution in [0.3, 0.4) is 0 Å². The summed E-state index contributed by atoms with van der Waals surface area (Å²) in [4.78, 5) is 23.3. The number of hydrogen-bond acceptors (Lipinski definition) is 3. The standard InChI is InChI=1S/C12H9IN2O2/c13-10-5-3-9(4-6-10)11(16)8-15-12(17)2-1-7-14-15/h1-7H,8H2. The second-order valence-corrected chi connectivity index (χ2v) is 4.70. The van der Waals surface area contributed by atoms with Crippen LogP contribution in [0.5, 0.6) is 0 Å². The van der Waals surface area contributed by atoms with E-state index >= 15 is 0 Å². The number of carbonyl (C=O) groups excluding carboxylic acids is 1. The Morgan fingerprint density at radius 3 is 2.59 bits per heavy atom. The van der Waals surface area contributed by atoms with E-state index in [2.05, 4.69) is 27.7 Å². The quantitative estimate of drug-likeness (QED) is 0.632. The van der Waals surface area contributed by atoms with E-state index in [0.717, 1.165) is 8.25 Å². The highest BCUT2D eigenvalue weighted by Gasteiger charge is 2.07. The van der Waals surface area contributed by atoms with Gasteiger partial charge in [-0.25, -0.2) is 4.68 Å². The molecule has 1 aromatic carbocycles. The van der Waals surface area contributed by atoms with Gasteiger partial charge in [0.2, 0.25) is 0 Å². The second-order valence-electron chi connectivity index (χ2n) is 3.45. The third-order valence-corrected chi connectivity index (χ3v) is 2.96. The van der Waals surface area contributed by atoms with E-state index in [9.17, 15) is 9.59 Å². The molecule has 2 rings (SSSR count). The molecule has 2 aromatic rings. The predicted molar refractivity (Wildman–Crippen MR) is 72.0 cm³/mol. The van der Waals surface area contributed by atoms with Crippen LogP contribution in [0, 0.1) is 3.57 Å². The van der Waals surface area contributed by atoms with Crippen molar-refractivity contribution in [1.29, 1.82) is 0 Å². The van der Waals surface area contributed by atoms with E-state index < -0.39 is 0 Å². The fourth-order valence-corrected chi connectivity index (χ4v) is 1.73. The number of Topliss-reactive ketones (excluding diaryl/α,β-unsaturated/α-hetero) is 1. The van der Waals surface area contributed by atoms with Crippen molar-refractivity contribution in [2.24, 2.45) is 0 Å². The summed E-state index contributed by atoms with van der Waals surface area (Å²) in [5.74, 6) is -0.123. The summed E-state index contributed by atoms with van der Waals surface area (Å²) in [6.45, 7) is -0.0275. The summed E-state index contributed by atoms with van der Waals surface area (Å²) < 4.78 is 2.22. The van der Waals surface area contributed by atoms with Crippen LogP contribution >= 0.6 is 22.6 Å². The first kappa shape index (κ1) is 12.0. The summed E-state index contributed by atoms with van der Waals surface area (Å²) in [6.07, 6.45) is 1.49. The molecule has 86 valence electrons. The Morgan fingerprint density at radius 2 is 1.94 bits per heavy atom. The predicted octanol–water partition coefficient (Wildman–Crippen LogP) is 1.73. The van der Waals surface area contributed by atoms with Crippen molar-refractivity contribution < 1.29 is 4.79 Å². The number of rotatable bonds is 3. The van der Waals surface area contributed by atoms with E-state index in [1.54, 1.807) is 18.2 Å². The Morgan fingerprint density at radius 1 is 1.24 bits per heavy atom. The fourth-order valence-electron chi connectivity index (χ4n) is 1.37. The van der Waals surface area contributed by atoms with Crippen molar-refractivity contribution in [1.82, 2.24) is 9.78 Å². The molecule has 0 fully saturated rings. The van der Waals surface area contributed by atoms with Crippen LogP contribution < -0.4 is 5.56 Å². The monoisotopic (exact) mass is 340 g/mol. The highest BCUT2D eigenvalue weighted by Crippen LogP contribution is 2.07. The average Bonchev–Trinajstić information content (AvgIpc) is 2.33. The minimum absolute atomic E-state index is 0.0275.